The molecule has 2 nitrogen and oxygen atoms in total. The van der Waals surface area contributed by atoms with Gasteiger partial charge in [-0.15, -0.1) is 0 Å². The van der Waals surface area contributed by atoms with E-state index in [0.717, 1.165) is 0 Å². The molecule has 0 aliphatic heterocycles. The summed E-state index contributed by atoms with van der Waals surface area (Å²) in [5.41, 5.74) is 6.15. The van der Waals surface area contributed by atoms with Gasteiger partial charge < -0.3 is 10.5 Å². The van der Waals surface area contributed by atoms with E-state index in [0.29, 0.717) is 11.4 Å². The number of benzene rings is 2. The molecule has 0 heterocycles. The first-order chi connectivity index (χ1) is 7.66. The van der Waals surface area contributed by atoms with Crippen molar-refractivity contribution in [1.82, 2.24) is 0 Å². The third kappa shape index (κ3) is 2.25. The van der Waals surface area contributed by atoms with Crippen LogP contribution in [0.2, 0.25) is 5.02 Å². The Morgan fingerprint density at radius 3 is 2.44 bits per heavy atom. The highest BCUT2D eigenvalue weighted by Gasteiger charge is 2.07. The molecule has 0 saturated carbocycles. The van der Waals surface area contributed by atoms with Gasteiger partial charge in [-0.1, -0.05) is 17.7 Å². The molecule has 0 aromatic heterocycles. The normalized spacial score (nSPS) is 10.1. The van der Waals surface area contributed by atoms with Crippen molar-refractivity contribution in [2.24, 2.45) is 0 Å². The molecule has 2 rings (SSSR count). The molecule has 0 aliphatic rings. The summed E-state index contributed by atoms with van der Waals surface area (Å²) in [5, 5.41) is 0.0351. The Hall–Kier alpha value is -1.74. The maximum Gasteiger partial charge on any atom is 0.184 e. The molecule has 0 aliphatic carbocycles. The monoisotopic (exact) mass is 237 g/mol. The van der Waals surface area contributed by atoms with Crippen LogP contribution in [-0.4, -0.2) is 0 Å². The van der Waals surface area contributed by atoms with Crippen LogP contribution in [-0.2, 0) is 0 Å². The van der Waals surface area contributed by atoms with Crippen molar-refractivity contribution in [2.45, 2.75) is 0 Å². The van der Waals surface area contributed by atoms with Gasteiger partial charge >= 0.3 is 0 Å². The molecule has 82 valence electrons. The number of anilines is 1. The first kappa shape index (κ1) is 10.8. The topological polar surface area (TPSA) is 35.2 Å². The minimum atomic E-state index is -0.569. The minimum absolute atomic E-state index is 0.0351. The van der Waals surface area contributed by atoms with E-state index in [1.165, 1.54) is 12.1 Å². The maximum atomic E-state index is 13.5. The van der Waals surface area contributed by atoms with Crippen molar-refractivity contribution in [2.75, 3.05) is 5.73 Å². The summed E-state index contributed by atoms with van der Waals surface area (Å²) >= 11 is 5.63. The van der Waals surface area contributed by atoms with Gasteiger partial charge in [-0.3, -0.25) is 0 Å². The first-order valence-electron chi connectivity index (χ1n) is 4.64. The van der Waals surface area contributed by atoms with Gasteiger partial charge in [0.05, 0.1) is 5.02 Å². The van der Waals surface area contributed by atoms with E-state index in [9.17, 15) is 4.39 Å². The molecule has 0 fully saturated rings. The molecular formula is C12H9ClFNO. The Morgan fingerprint density at radius 2 is 1.75 bits per heavy atom. The van der Waals surface area contributed by atoms with Gasteiger partial charge in [0.2, 0.25) is 0 Å². The second-order valence-corrected chi connectivity index (χ2v) is 3.63. The third-order valence-electron chi connectivity index (χ3n) is 2.02. The van der Waals surface area contributed by atoms with Gasteiger partial charge in [-0.2, -0.15) is 0 Å². The molecule has 0 amide bonds. The van der Waals surface area contributed by atoms with E-state index >= 15 is 0 Å². The Bertz CT molecular complexity index is 499. The summed E-state index contributed by atoms with van der Waals surface area (Å²) in [6.45, 7) is 0. The number of hydrogen-bond donors (Lipinski definition) is 1. The lowest BCUT2D eigenvalue weighted by molar-refractivity contribution is 0.442. The summed E-state index contributed by atoms with van der Waals surface area (Å²) in [6.07, 6.45) is 0. The predicted molar refractivity (Wildman–Crippen MR) is 62.3 cm³/mol. The summed E-state index contributed by atoms with van der Waals surface area (Å²) < 4.78 is 18.8. The van der Waals surface area contributed by atoms with Gasteiger partial charge in [-0.25, -0.2) is 4.39 Å². The number of nitrogen functional groups attached to an aromatic ring is 1. The molecule has 2 aromatic carbocycles. The third-order valence-corrected chi connectivity index (χ3v) is 2.32. The van der Waals surface area contributed by atoms with Crippen LogP contribution in [0.4, 0.5) is 10.1 Å². The average molecular weight is 238 g/mol. The number of rotatable bonds is 2. The number of hydrogen-bond acceptors (Lipinski definition) is 2. The molecule has 0 saturated heterocycles. The van der Waals surface area contributed by atoms with Crippen molar-refractivity contribution >= 4 is 17.3 Å². The zero-order chi connectivity index (χ0) is 11.5. The van der Waals surface area contributed by atoms with Crippen LogP contribution in [0.3, 0.4) is 0 Å². The van der Waals surface area contributed by atoms with Crippen molar-refractivity contribution in [3.05, 3.63) is 53.3 Å². The SMILES string of the molecule is Nc1ccc(Oc2cccc(Cl)c2F)cc1. The van der Waals surface area contributed by atoms with E-state index in [2.05, 4.69) is 0 Å². The van der Waals surface area contributed by atoms with Crippen LogP contribution < -0.4 is 10.5 Å². The number of halogens is 2. The van der Waals surface area contributed by atoms with Gasteiger partial charge in [-0.05, 0) is 36.4 Å². The quantitative estimate of drug-likeness (QED) is 0.805. The fourth-order valence-corrected chi connectivity index (χ4v) is 1.39. The van der Waals surface area contributed by atoms with Crippen molar-refractivity contribution < 1.29 is 9.13 Å². The van der Waals surface area contributed by atoms with Crippen molar-refractivity contribution in [3.8, 4) is 11.5 Å². The maximum absolute atomic E-state index is 13.5. The van der Waals surface area contributed by atoms with Crippen LogP contribution in [0, 0.1) is 5.82 Å². The molecule has 2 aromatic rings. The lowest BCUT2D eigenvalue weighted by atomic mass is 10.3. The van der Waals surface area contributed by atoms with E-state index in [1.54, 1.807) is 30.3 Å². The van der Waals surface area contributed by atoms with E-state index < -0.39 is 5.82 Å². The number of nitrogens with two attached hydrogens (primary N) is 1. The fourth-order valence-electron chi connectivity index (χ4n) is 1.23. The lowest BCUT2D eigenvalue weighted by Crippen LogP contribution is -1.89. The molecule has 0 bridgehead atoms. The highest BCUT2D eigenvalue weighted by atomic mass is 35.5. The van der Waals surface area contributed by atoms with Crippen LogP contribution >= 0.6 is 11.6 Å². The van der Waals surface area contributed by atoms with Crippen molar-refractivity contribution in [1.29, 1.82) is 0 Å². The van der Waals surface area contributed by atoms with Crippen LogP contribution in [0.25, 0.3) is 0 Å². The zero-order valence-electron chi connectivity index (χ0n) is 8.28. The van der Waals surface area contributed by atoms with E-state index in [1.807, 2.05) is 0 Å². The molecule has 2 N–H and O–H groups in total. The van der Waals surface area contributed by atoms with Crippen molar-refractivity contribution in [3.63, 3.8) is 0 Å². The van der Waals surface area contributed by atoms with Gasteiger partial charge in [0.25, 0.3) is 0 Å². The summed E-state index contributed by atoms with van der Waals surface area (Å²) in [5.74, 6) is 0.0358. The Balaban J connectivity index is 2.27. The first-order valence-corrected chi connectivity index (χ1v) is 5.02. The average Bonchev–Trinajstić information content (AvgIpc) is 2.28. The Labute approximate surface area is 97.4 Å². The van der Waals surface area contributed by atoms with Crippen LogP contribution in [0.15, 0.2) is 42.5 Å². The molecule has 0 radical (unpaired) electrons. The zero-order valence-corrected chi connectivity index (χ0v) is 9.04. The molecule has 0 atom stereocenters. The summed E-state index contributed by atoms with van der Waals surface area (Å²) in [4.78, 5) is 0. The smallest absolute Gasteiger partial charge is 0.184 e. The molecule has 0 unspecified atom stereocenters. The second-order valence-electron chi connectivity index (χ2n) is 3.22. The predicted octanol–water partition coefficient (Wildman–Crippen LogP) is 3.85. The Morgan fingerprint density at radius 1 is 1.06 bits per heavy atom. The molecule has 16 heavy (non-hydrogen) atoms. The number of ether oxygens (including phenoxy) is 1. The van der Waals surface area contributed by atoms with E-state index in [-0.39, 0.29) is 10.8 Å². The molecule has 0 spiro atoms. The molecule has 4 heteroatoms. The van der Waals surface area contributed by atoms with Crippen LogP contribution in [0.5, 0.6) is 11.5 Å². The summed E-state index contributed by atoms with van der Waals surface area (Å²) in [7, 11) is 0. The van der Waals surface area contributed by atoms with Gasteiger partial charge in [0.15, 0.2) is 11.6 Å². The van der Waals surface area contributed by atoms with Gasteiger partial charge in [0, 0.05) is 5.69 Å². The Kier molecular flexibility index (Phi) is 2.97. The highest BCUT2D eigenvalue weighted by Crippen LogP contribution is 2.28. The lowest BCUT2D eigenvalue weighted by Gasteiger charge is -2.07. The highest BCUT2D eigenvalue weighted by molar-refractivity contribution is 6.30. The largest absolute Gasteiger partial charge is 0.454 e. The second kappa shape index (κ2) is 4.41. The molecular weight excluding hydrogens is 229 g/mol. The standard InChI is InChI=1S/C12H9ClFNO/c13-10-2-1-3-11(12(10)14)16-9-6-4-8(15)5-7-9/h1-7H,15H2. The minimum Gasteiger partial charge on any atom is -0.454 e. The van der Waals surface area contributed by atoms with Gasteiger partial charge in [0.1, 0.15) is 5.75 Å². The summed E-state index contributed by atoms with van der Waals surface area (Å²) in [6, 6.07) is 11.3. The van der Waals surface area contributed by atoms with Crippen LogP contribution in [0.1, 0.15) is 0 Å². The van der Waals surface area contributed by atoms with E-state index in [4.69, 9.17) is 22.1 Å². The fraction of sp³-hybridized carbons (Fsp3) is 0.